The van der Waals surface area contributed by atoms with Gasteiger partial charge in [-0.15, -0.1) is 0 Å². The molecule has 3 aromatic rings. The molecular weight excluding hydrogens is 547 g/mol. The van der Waals surface area contributed by atoms with Crippen molar-refractivity contribution in [3.05, 3.63) is 96.1 Å². The number of carbonyl (C=O) groups is 3. The van der Waals surface area contributed by atoms with Crippen LogP contribution < -0.4 is 11.1 Å². The van der Waals surface area contributed by atoms with E-state index in [1.165, 1.54) is 13.8 Å². The average Bonchev–Trinajstić information content (AvgIpc) is 2.95. The first-order chi connectivity index (χ1) is 19.1. The maximum atomic E-state index is 14.4. The van der Waals surface area contributed by atoms with Crippen LogP contribution in [0.2, 0.25) is 0 Å². The molecule has 3 rings (SSSR count). The molecule has 3 aromatic carbocycles. The van der Waals surface area contributed by atoms with Gasteiger partial charge in [-0.1, -0.05) is 96.7 Å². The summed E-state index contributed by atoms with van der Waals surface area (Å²) >= 11 is 1.05. The molecule has 0 bridgehead atoms. The van der Waals surface area contributed by atoms with Crippen LogP contribution in [0.25, 0.3) is 11.1 Å². The van der Waals surface area contributed by atoms with E-state index >= 15 is 0 Å². The van der Waals surface area contributed by atoms with Gasteiger partial charge < -0.3 is 20.7 Å². The summed E-state index contributed by atoms with van der Waals surface area (Å²) in [4.78, 5) is 36.2. The molecule has 10 heteroatoms. The van der Waals surface area contributed by atoms with Gasteiger partial charge in [0.25, 0.3) is 0 Å². The highest BCUT2D eigenvalue weighted by atomic mass is 32.2. The van der Waals surface area contributed by atoms with Gasteiger partial charge in [0.2, 0.25) is 13.3 Å². The monoisotopic (exact) mass is 582 g/mol. The smallest absolute Gasteiger partial charge is 0.325 e. The van der Waals surface area contributed by atoms with E-state index in [0.29, 0.717) is 5.56 Å². The van der Waals surface area contributed by atoms with Gasteiger partial charge in [0, 0.05) is 18.8 Å². The number of rotatable bonds is 14. The van der Waals surface area contributed by atoms with Gasteiger partial charge in [-0.3, -0.25) is 18.9 Å². The highest BCUT2D eigenvalue weighted by Gasteiger charge is 2.38. The second kappa shape index (κ2) is 15.0. The normalized spacial score (nSPS) is 14.9. The maximum Gasteiger partial charge on any atom is 0.325 e. The zero-order chi connectivity index (χ0) is 29.1. The number of thioether (sulfide) groups is 1. The number of aliphatic carboxylic acids is 1. The van der Waals surface area contributed by atoms with Gasteiger partial charge in [-0.25, -0.2) is 0 Å². The Kier molecular flexibility index (Phi) is 11.7. The molecule has 0 saturated carbocycles. The van der Waals surface area contributed by atoms with Gasteiger partial charge >= 0.3 is 5.97 Å². The lowest BCUT2D eigenvalue weighted by molar-refractivity contribution is -0.141. The minimum Gasteiger partial charge on any atom is -0.480 e. The molecule has 0 aliphatic heterocycles. The fraction of sp³-hybridized carbons (Fsp3) is 0.300. The molecule has 0 aromatic heterocycles. The minimum atomic E-state index is -3.72. The van der Waals surface area contributed by atoms with Gasteiger partial charge in [-0.2, -0.15) is 0 Å². The lowest BCUT2D eigenvalue weighted by Gasteiger charge is -2.29. The lowest BCUT2D eigenvalue weighted by atomic mass is 9.97. The molecule has 0 aliphatic rings. The number of nitrogens with two attached hydrogens (primary N) is 1. The Morgan fingerprint density at radius 1 is 0.950 bits per heavy atom. The molecule has 0 heterocycles. The predicted molar refractivity (Wildman–Crippen MR) is 159 cm³/mol. The highest BCUT2D eigenvalue weighted by Crippen LogP contribution is 2.58. The summed E-state index contributed by atoms with van der Waals surface area (Å²) in [5.41, 5.74) is 9.97. The first-order valence-electron chi connectivity index (χ1n) is 12.9. The molecule has 0 fully saturated rings. The number of amides is 1. The third kappa shape index (κ3) is 9.17. The average molecular weight is 583 g/mol. The SMILES string of the molecule is CC(=O)SCCOP(=O)(C[C@@H](Cc1ccc(-c2ccccc2)cc1)C(=O)N[C@H](C)C(=O)O)C(N)c1ccccc1. The Hall–Kier alpha value is -3.23. The molecule has 40 heavy (non-hydrogen) atoms. The van der Waals surface area contributed by atoms with Crippen LogP contribution in [0, 0.1) is 5.92 Å². The quantitative estimate of drug-likeness (QED) is 0.171. The Morgan fingerprint density at radius 3 is 2.10 bits per heavy atom. The van der Waals surface area contributed by atoms with Crippen LogP contribution in [0.15, 0.2) is 84.9 Å². The molecular formula is C30H35N2O6PS. The zero-order valence-electron chi connectivity index (χ0n) is 22.6. The zero-order valence-corrected chi connectivity index (χ0v) is 24.3. The third-order valence-electron chi connectivity index (χ3n) is 6.38. The summed E-state index contributed by atoms with van der Waals surface area (Å²) in [6, 6.07) is 25.3. The van der Waals surface area contributed by atoms with Crippen molar-refractivity contribution in [3.63, 3.8) is 0 Å². The van der Waals surface area contributed by atoms with Crippen LogP contribution in [0.5, 0.6) is 0 Å². The number of carboxylic acid groups (broad SMARTS) is 1. The standard InChI is InChI=1S/C30H35N2O6PS/c1-21(30(35)36)32-29(34)27(19-23-13-15-25(16-14-23)24-9-5-3-6-10-24)20-39(37,38-17-18-40-22(2)33)28(31)26-11-7-4-8-12-26/h3-16,21,27-28H,17-20,31H2,1-2H3,(H,32,34)(H,35,36)/t21-,27-,28?,39?/m1/s1. The molecule has 0 aliphatic carbocycles. The van der Waals surface area contributed by atoms with Crippen molar-refractivity contribution in [1.29, 1.82) is 0 Å². The van der Waals surface area contributed by atoms with Crippen LogP contribution in [-0.4, -0.2) is 46.7 Å². The largest absolute Gasteiger partial charge is 0.480 e. The molecule has 8 nitrogen and oxygen atoms in total. The topological polar surface area (TPSA) is 136 Å². The van der Waals surface area contributed by atoms with Crippen molar-refractivity contribution in [2.75, 3.05) is 18.5 Å². The van der Waals surface area contributed by atoms with Gasteiger partial charge in [0.15, 0.2) is 5.12 Å². The van der Waals surface area contributed by atoms with Crippen molar-refractivity contribution in [2.45, 2.75) is 32.1 Å². The Bertz CT molecular complexity index is 1320. The summed E-state index contributed by atoms with van der Waals surface area (Å²) in [5, 5.41) is 11.8. The summed E-state index contributed by atoms with van der Waals surface area (Å²) in [6.07, 6.45) is -0.00327. The fourth-order valence-corrected chi connectivity index (χ4v) is 7.20. The number of hydrogen-bond donors (Lipinski definition) is 3. The Balaban J connectivity index is 1.90. The second-order valence-corrected chi connectivity index (χ2v) is 13.4. The number of nitrogens with one attached hydrogen (secondary N) is 1. The van der Waals surface area contributed by atoms with Crippen molar-refractivity contribution < 1.29 is 28.6 Å². The van der Waals surface area contributed by atoms with E-state index in [1.54, 1.807) is 24.3 Å². The van der Waals surface area contributed by atoms with Crippen molar-refractivity contribution in [2.24, 2.45) is 11.7 Å². The number of carbonyl (C=O) groups excluding carboxylic acids is 2. The molecule has 4 atom stereocenters. The van der Waals surface area contributed by atoms with Crippen molar-refractivity contribution in [1.82, 2.24) is 5.32 Å². The summed E-state index contributed by atoms with van der Waals surface area (Å²) < 4.78 is 20.3. The molecule has 2 unspecified atom stereocenters. The van der Waals surface area contributed by atoms with E-state index in [2.05, 4.69) is 5.32 Å². The Morgan fingerprint density at radius 2 is 1.52 bits per heavy atom. The lowest BCUT2D eigenvalue weighted by Crippen LogP contribution is -2.43. The number of hydrogen-bond acceptors (Lipinski definition) is 7. The minimum absolute atomic E-state index is 0.00764. The fourth-order valence-electron chi connectivity index (χ4n) is 4.19. The summed E-state index contributed by atoms with van der Waals surface area (Å²) in [7, 11) is -3.72. The molecule has 212 valence electrons. The van der Waals surface area contributed by atoms with Crippen LogP contribution in [0.3, 0.4) is 0 Å². The first-order valence-corrected chi connectivity index (χ1v) is 15.8. The van der Waals surface area contributed by atoms with E-state index in [4.69, 9.17) is 10.3 Å². The van der Waals surface area contributed by atoms with E-state index in [-0.39, 0.29) is 30.1 Å². The Labute approximate surface area is 239 Å². The summed E-state index contributed by atoms with van der Waals surface area (Å²) in [5.74, 6) is -3.34. The highest BCUT2D eigenvalue weighted by molar-refractivity contribution is 8.13. The second-order valence-electron chi connectivity index (χ2n) is 9.47. The number of carboxylic acids is 1. The van der Waals surface area contributed by atoms with E-state index in [9.17, 15) is 24.1 Å². The van der Waals surface area contributed by atoms with E-state index in [0.717, 1.165) is 28.5 Å². The predicted octanol–water partition coefficient (Wildman–Crippen LogP) is 5.33. The van der Waals surface area contributed by atoms with Crippen LogP contribution in [0.4, 0.5) is 0 Å². The van der Waals surface area contributed by atoms with Crippen LogP contribution >= 0.6 is 19.1 Å². The summed E-state index contributed by atoms with van der Waals surface area (Å²) in [6.45, 7) is 2.82. The van der Waals surface area contributed by atoms with Crippen molar-refractivity contribution in [3.8, 4) is 11.1 Å². The molecule has 1 amide bonds. The van der Waals surface area contributed by atoms with Gasteiger partial charge in [-0.05, 0) is 35.6 Å². The van der Waals surface area contributed by atoms with Crippen LogP contribution in [-0.2, 0) is 29.9 Å². The number of benzene rings is 3. The van der Waals surface area contributed by atoms with Gasteiger partial charge in [0.05, 0.1) is 12.5 Å². The third-order valence-corrected chi connectivity index (χ3v) is 9.87. The molecule has 4 N–H and O–H groups in total. The molecule has 0 spiro atoms. The molecule has 0 radical (unpaired) electrons. The molecule has 0 saturated heterocycles. The first kappa shape index (κ1) is 31.3. The maximum absolute atomic E-state index is 14.4. The van der Waals surface area contributed by atoms with Crippen molar-refractivity contribution >= 4 is 36.1 Å². The van der Waals surface area contributed by atoms with E-state index < -0.39 is 37.0 Å². The van der Waals surface area contributed by atoms with Gasteiger partial charge in [0.1, 0.15) is 11.8 Å². The van der Waals surface area contributed by atoms with Crippen LogP contribution in [0.1, 0.15) is 30.8 Å². The van der Waals surface area contributed by atoms with E-state index in [1.807, 2.05) is 60.7 Å².